The van der Waals surface area contributed by atoms with Crippen molar-refractivity contribution in [3.63, 3.8) is 0 Å². The molecule has 0 bridgehead atoms. The standard InChI is InChI=1S/C16H30N2O/c1-2-3-4-5-6-7-8-9-10-13-18-14-12-17-16(18)11-15-19/h12,14,19H,2-11,13,15H2,1H3/p+1. The van der Waals surface area contributed by atoms with Gasteiger partial charge in [-0.15, -0.1) is 0 Å². The van der Waals surface area contributed by atoms with Gasteiger partial charge in [-0.25, -0.2) is 9.55 Å². The van der Waals surface area contributed by atoms with Gasteiger partial charge in [0.1, 0.15) is 12.4 Å². The van der Waals surface area contributed by atoms with Crippen LogP contribution >= 0.6 is 0 Å². The number of hydrogen-bond acceptors (Lipinski definition) is 1. The Labute approximate surface area is 118 Å². The van der Waals surface area contributed by atoms with E-state index in [2.05, 4.69) is 22.7 Å². The van der Waals surface area contributed by atoms with E-state index in [1.54, 1.807) is 0 Å². The molecule has 1 rings (SSSR count). The van der Waals surface area contributed by atoms with E-state index in [-0.39, 0.29) is 6.61 Å². The lowest BCUT2D eigenvalue weighted by atomic mass is 10.1. The van der Waals surface area contributed by atoms with Gasteiger partial charge in [0.2, 0.25) is 0 Å². The summed E-state index contributed by atoms with van der Waals surface area (Å²) in [7, 11) is 0. The van der Waals surface area contributed by atoms with Gasteiger partial charge in [-0.3, -0.25) is 0 Å². The maximum Gasteiger partial charge on any atom is 0.256 e. The number of imidazole rings is 1. The van der Waals surface area contributed by atoms with Gasteiger partial charge in [0, 0.05) is 0 Å². The number of aromatic nitrogens is 2. The number of nitrogens with one attached hydrogen (secondary N) is 1. The second kappa shape index (κ2) is 11.0. The lowest BCUT2D eigenvalue weighted by Gasteiger charge is -2.02. The van der Waals surface area contributed by atoms with Gasteiger partial charge in [-0.1, -0.05) is 51.9 Å². The molecule has 1 aromatic heterocycles. The first kappa shape index (κ1) is 16.2. The molecule has 1 heterocycles. The minimum atomic E-state index is 0.221. The molecule has 0 saturated heterocycles. The Morgan fingerprint density at radius 1 is 1.00 bits per heavy atom. The number of H-pyrrole nitrogens is 1. The van der Waals surface area contributed by atoms with Crippen molar-refractivity contribution < 1.29 is 9.67 Å². The molecule has 2 N–H and O–H groups in total. The molecule has 0 saturated carbocycles. The summed E-state index contributed by atoms with van der Waals surface area (Å²) in [5.41, 5.74) is 0. The van der Waals surface area contributed by atoms with Crippen molar-refractivity contribution >= 4 is 0 Å². The molecule has 19 heavy (non-hydrogen) atoms. The third kappa shape index (κ3) is 7.36. The summed E-state index contributed by atoms with van der Waals surface area (Å²) in [6.07, 6.45) is 17.1. The fourth-order valence-corrected chi connectivity index (χ4v) is 2.52. The normalized spacial score (nSPS) is 11.1. The van der Waals surface area contributed by atoms with Gasteiger partial charge >= 0.3 is 0 Å². The summed E-state index contributed by atoms with van der Waals surface area (Å²) in [6.45, 7) is 3.57. The van der Waals surface area contributed by atoms with Crippen LogP contribution in [0.4, 0.5) is 0 Å². The van der Waals surface area contributed by atoms with Crippen molar-refractivity contribution in [2.45, 2.75) is 77.7 Å². The Kier molecular flexibility index (Phi) is 9.42. The van der Waals surface area contributed by atoms with E-state index in [9.17, 15) is 0 Å². The maximum atomic E-state index is 8.96. The minimum absolute atomic E-state index is 0.221. The highest BCUT2D eigenvalue weighted by molar-refractivity contribution is 4.76. The first-order valence-corrected chi connectivity index (χ1v) is 8.05. The Balaban J connectivity index is 1.97. The first-order chi connectivity index (χ1) is 9.38. The third-order valence-electron chi connectivity index (χ3n) is 3.70. The first-order valence-electron chi connectivity index (χ1n) is 8.05. The van der Waals surface area contributed by atoms with Gasteiger partial charge in [0.15, 0.2) is 0 Å². The second-order valence-electron chi connectivity index (χ2n) is 5.40. The zero-order chi connectivity index (χ0) is 13.8. The predicted molar refractivity (Wildman–Crippen MR) is 79.0 cm³/mol. The SMILES string of the molecule is CCCCCCCCCCC[n+]1cc[nH]c1CCO. The maximum absolute atomic E-state index is 8.96. The molecule has 110 valence electrons. The number of aryl methyl sites for hydroxylation is 1. The fraction of sp³-hybridized carbons (Fsp3) is 0.812. The van der Waals surface area contributed by atoms with Crippen LogP contribution in [0, 0.1) is 0 Å². The molecule has 0 fully saturated rings. The summed E-state index contributed by atoms with van der Waals surface area (Å²) in [4.78, 5) is 3.19. The van der Waals surface area contributed by atoms with Gasteiger partial charge < -0.3 is 5.11 Å². The molecule has 3 heteroatoms. The molecule has 0 aliphatic heterocycles. The lowest BCUT2D eigenvalue weighted by molar-refractivity contribution is -0.703. The second-order valence-corrected chi connectivity index (χ2v) is 5.40. The predicted octanol–water partition coefficient (Wildman–Crippen LogP) is 3.37. The highest BCUT2D eigenvalue weighted by Crippen LogP contribution is 2.09. The molecule has 0 radical (unpaired) electrons. The van der Waals surface area contributed by atoms with Crippen molar-refractivity contribution in [1.82, 2.24) is 4.98 Å². The average molecular weight is 267 g/mol. The molecule has 0 atom stereocenters. The van der Waals surface area contributed by atoms with Crippen LogP contribution in [0.5, 0.6) is 0 Å². The molecular formula is C16H31N2O+. The number of aliphatic hydroxyl groups is 1. The summed E-state index contributed by atoms with van der Waals surface area (Å²) >= 11 is 0. The lowest BCUT2D eigenvalue weighted by Crippen LogP contribution is -2.36. The molecule has 0 aliphatic carbocycles. The van der Waals surface area contributed by atoms with E-state index >= 15 is 0 Å². The fourth-order valence-electron chi connectivity index (χ4n) is 2.52. The summed E-state index contributed by atoms with van der Waals surface area (Å²) < 4.78 is 2.23. The Morgan fingerprint density at radius 3 is 2.26 bits per heavy atom. The molecular weight excluding hydrogens is 236 g/mol. The van der Waals surface area contributed by atoms with E-state index in [0.29, 0.717) is 0 Å². The summed E-state index contributed by atoms with van der Waals surface area (Å²) in [6, 6.07) is 0. The molecule has 3 nitrogen and oxygen atoms in total. The molecule has 0 amide bonds. The van der Waals surface area contributed by atoms with Gasteiger partial charge in [-0.2, -0.15) is 0 Å². The average Bonchev–Trinajstić information content (AvgIpc) is 2.85. The monoisotopic (exact) mass is 267 g/mol. The van der Waals surface area contributed by atoms with E-state index in [1.807, 2.05) is 6.20 Å². The Hall–Kier alpha value is -0.830. The van der Waals surface area contributed by atoms with Crippen molar-refractivity contribution in [3.05, 3.63) is 18.2 Å². The Morgan fingerprint density at radius 2 is 1.63 bits per heavy atom. The van der Waals surface area contributed by atoms with E-state index in [4.69, 9.17) is 5.11 Å². The minimum Gasteiger partial charge on any atom is -0.396 e. The molecule has 0 spiro atoms. The van der Waals surface area contributed by atoms with Crippen LogP contribution in [-0.4, -0.2) is 16.7 Å². The molecule has 0 unspecified atom stereocenters. The highest BCUT2D eigenvalue weighted by atomic mass is 16.3. The van der Waals surface area contributed by atoms with E-state index in [1.165, 1.54) is 57.8 Å². The number of unbranched alkanes of at least 4 members (excludes halogenated alkanes) is 8. The third-order valence-corrected chi connectivity index (χ3v) is 3.70. The van der Waals surface area contributed by atoms with Crippen LogP contribution < -0.4 is 4.57 Å². The van der Waals surface area contributed by atoms with Crippen LogP contribution in [0.2, 0.25) is 0 Å². The number of hydrogen-bond donors (Lipinski definition) is 2. The van der Waals surface area contributed by atoms with Crippen LogP contribution in [0.15, 0.2) is 12.4 Å². The van der Waals surface area contributed by atoms with Gasteiger partial charge in [-0.05, 0) is 12.8 Å². The molecule has 1 aromatic rings. The van der Waals surface area contributed by atoms with Crippen molar-refractivity contribution in [2.24, 2.45) is 0 Å². The van der Waals surface area contributed by atoms with Crippen LogP contribution in [0.1, 0.15) is 70.5 Å². The number of rotatable bonds is 12. The van der Waals surface area contributed by atoms with Crippen LogP contribution in [0.25, 0.3) is 0 Å². The summed E-state index contributed by atoms with van der Waals surface area (Å²) in [5, 5.41) is 8.96. The molecule has 0 aliphatic rings. The topological polar surface area (TPSA) is 39.9 Å². The van der Waals surface area contributed by atoms with Crippen LogP contribution in [-0.2, 0) is 13.0 Å². The quantitative estimate of drug-likeness (QED) is 0.442. The Bertz CT molecular complexity index is 309. The largest absolute Gasteiger partial charge is 0.396 e. The van der Waals surface area contributed by atoms with Crippen molar-refractivity contribution in [3.8, 4) is 0 Å². The number of aliphatic hydroxyl groups excluding tert-OH is 1. The van der Waals surface area contributed by atoms with Gasteiger partial charge in [0.05, 0.1) is 19.6 Å². The zero-order valence-electron chi connectivity index (χ0n) is 12.5. The number of nitrogens with zero attached hydrogens (tertiary/aromatic N) is 1. The zero-order valence-corrected chi connectivity index (χ0v) is 12.5. The van der Waals surface area contributed by atoms with Crippen LogP contribution in [0.3, 0.4) is 0 Å². The van der Waals surface area contributed by atoms with E-state index in [0.717, 1.165) is 18.8 Å². The van der Waals surface area contributed by atoms with Crippen molar-refractivity contribution in [2.75, 3.05) is 6.61 Å². The smallest absolute Gasteiger partial charge is 0.256 e. The molecule has 0 aromatic carbocycles. The summed E-state index contributed by atoms with van der Waals surface area (Å²) in [5.74, 6) is 1.14. The van der Waals surface area contributed by atoms with Crippen molar-refractivity contribution in [1.29, 1.82) is 0 Å². The highest BCUT2D eigenvalue weighted by Gasteiger charge is 2.08. The van der Waals surface area contributed by atoms with E-state index < -0.39 is 0 Å². The van der Waals surface area contributed by atoms with Gasteiger partial charge in [0.25, 0.3) is 5.82 Å². The number of aromatic amines is 1.